The van der Waals surface area contributed by atoms with Gasteiger partial charge in [0.15, 0.2) is 0 Å². The molecule has 0 fully saturated rings. The van der Waals surface area contributed by atoms with Crippen molar-refractivity contribution in [3.63, 3.8) is 0 Å². The molecule has 0 rings (SSSR count). The normalized spacial score (nSPS) is 10.0. The van der Waals surface area contributed by atoms with E-state index in [-0.39, 0.29) is 13.2 Å². The molecule has 0 aromatic carbocycles. The van der Waals surface area contributed by atoms with Crippen molar-refractivity contribution < 1.29 is 4.74 Å². The summed E-state index contributed by atoms with van der Waals surface area (Å²) in [5, 5.41) is 0. The van der Waals surface area contributed by atoms with Crippen LogP contribution in [0, 0.1) is 0 Å². The lowest BCUT2D eigenvalue weighted by Gasteiger charge is -2.03. The van der Waals surface area contributed by atoms with E-state index in [1.165, 1.54) is 0 Å². The molecule has 6 heteroatoms. The molecule has 0 N–H and O–H groups in total. The standard InChI is InChI=1S/C4H6Cl4O.C2H5Cl/c5-3(6)1-9-2-4(7)8;1-2-3/h3-4H,1-2H2;2H2,1H3. The maximum Gasteiger partial charge on any atom is 0.131 e. The number of alkyl halides is 5. The molecule has 76 valence electrons. The Morgan fingerprint density at radius 3 is 1.42 bits per heavy atom. The summed E-state index contributed by atoms with van der Waals surface area (Å²) < 4.78 is 4.83. The highest BCUT2D eigenvalue weighted by molar-refractivity contribution is 6.44. The maximum atomic E-state index is 5.32. The number of halogens is 5. The van der Waals surface area contributed by atoms with E-state index in [0.29, 0.717) is 0 Å². The van der Waals surface area contributed by atoms with Gasteiger partial charge in [0.05, 0.1) is 13.2 Å². The van der Waals surface area contributed by atoms with Crippen LogP contribution in [0.15, 0.2) is 0 Å². The van der Waals surface area contributed by atoms with Crippen LogP contribution in [0.4, 0.5) is 0 Å². The van der Waals surface area contributed by atoms with Crippen molar-refractivity contribution in [3.05, 3.63) is 0 Å². The lowest BCUT2D eigenvalue weighted by molar-refractivity contribution is 0.155. The Morgan fingerprint density at radius 1 is 1.00 bits per heavy atom. The Bertz CT molecular complexity index is 70.3. The summed E-state index contributed by atoms with van der Waals surface area (Å²) >= 11 is 26.3. The van der Waals surface area contributed by atoms with Crippen LogP contribution in [0.25, 0.3) is 0 Å². The zero-order valence-corrected chi connectivity index (χ0v) is 10.4. The average molecular weight is 276 g/mol. The first-order valence-electron chi connectivity index (χ1n) is 3.24. The summed E-state index contributed by atoms with van der Waals surface area (Å²) in [6.07, 6.45) is 0. The van der Waals surface area contributed by atoms with E-state index in [4.69, 9.17) is 62.7 Å². The maximum absolute atomic E-state index is 5.32. The van der Waals surface area contributed by atoms with Crippen LogP contribution >= 0.6 is 58.0 Å². The molecule has 0 atom stereocenters. The highest BCUT2D eigenvalue weighted by atomic mass is 35.5. The second-order valence-electron chi connectivity index (χ2n) is 1.59. The van der Waals surface area contributed by atoms with Crippen molar-refractivity contribution in [3.8, 4) is 0 Å². The summed E-state index contributed by atoms with van der Waals surface area (Å²) in [6, 6.07) is 0. The Balaban J connectivity index is 0. The Labute approximate surface area is 98.2 Å². The molecule has 0 radical (unpaired) electrons. The average Bonchev–Trinajstić information content (AvgIpc) is 1.87. The van der Waals surface area contributed by atoms with Gasteiger partial charge in [0.25, 0.3) is 0 Å². The zero-order valence-electron chi connectivity index (χ0n) is 6.57. The van der Waals surface area contributed by atoms with E-state index in [1.807, 2.05) is 6.92 Å². The van der Waals surface area contributed by atoms with Crippen LogP contribution < -0.4 is 0 Å². The molecular formula is C6H11Cl5O. The van der Waals surface area contributed by atoms with Crippen LogP contribution in [0.3, 0.4) is 0 Å². The minimum atomic E-state index is -0.503. The summed E-state index contributed by atoms with van der Waals surface area (Å²) in [4.78, 5) is -1.01. The van der Waals surface area contributed by atoms with Gasteiger partial charge < -0.3 is 4.74 Å². The van der Waals surface area contributed by atoms with E-state index >= 15 is 0 Å². The molecule has 0 amide bonds. The highest BCUT2D eigenvalue weighted by Crippen LogP contribution is 2.05. The lowest BCUT2D eigenvalue weighted by Crippen LogP contribution is -2.07. The molecule has 0 aliphatic carbocycles. The molecule has 12 heavy (non-hydrogen) atoms. The number of rotatable bonds is 4. The molecule has 0 spiro atoms. The van der Waals surface area contributed by atoms with E-state index in [9.17, 15) is 0 Å². The molecule has 0 unspecified atom stereocenters. The van der Waals surface area contributed by atoms with Crippen molar-refractivity contribution >= 4 is 58.0 Å². The predicted molar refractivity (Wildman–Crippen MR) is 58.2 cm³/mol. The van der Waals surface area contributed by atoms with E-state index in [0.717, 1.165) is 5.88 Å². The predicted octanol–water partition coefficient (Wildman–Crippen LogP) is 3.86. The third-order valence-corrected chi connectivity index (χ3v) is 0.992. The van der Waals surface area contributed by atoms with Gasteiger partial charge in [-0.3, -0.25) is 0 Å². The second-order valence-corrected chi connectivity index (χ2v) is 4.68. The fourth-order valence-corrected chi connectivity index (χ4v) is 0.603. The fourth-order valence-electron chi connectivity index (χ4n) is 0.246. The molecule has 0 aliphatic heterocycles. The van der Waals surface area contributed by atoms with Gasteiger partial charge in [-0.25, -0.2) is 0 Å². The molecular weight excluding hydrogens is 265 g/mol. The summed E-state index contributed by atoms with van der Waals surface area (Å²) in [5.41, 5.74) is 0. The number of hydrogen-bond acceptors (Lipinski definition) is 1. The quantitative estimate of drug-likeness (QED) is 0.709. The molecule has 0 aromatic heterocycles. The van der Waals surface area contributed by atoms with Crippen molar-refractivity contribution in [1.82, 2.24) is 0 Å². The van der Waals surface area contributed by atoms with Gasteiger partial charge in [0.2, 0.25) is 0 Å². The SMILES string of the molecule is CCCl.ClC(Cl)COCC(Cl)Cl. The van der Waals surface area contributed by atoms with Gasteiger partial charge in [-0.05, 0) is 0 Å². The largest absolute Gasteiger partial charge is 0.376 e. The second kappa shape index (κ2) is 12.4. The van der Waals surface area contributed by atoms with Crippen LogP contribution in [0.2, 0.25) is 0 Å². The number of ether oxygens (including phenoxy) is 1. The molecule has 1 nitrogen and oxygen atoms in total. The third-order valence-electron chi connectivity index (χ3n) is 0.488. The third kappa shape index (κ3) is 22.5. The summed E-state index contributed by atoms with van der Waals surface area (Å²) in [7, 11) is 0. The monoisotopic (exact) mass is 274 g/mol. The minimum Gasteiger partial charge on any atom is -0.376 e. The molecule has 0 heterocycles. The van der Waals surface area contributed by atoms with E-state index < -0.39 is 9.67 Å². The topological polar surface area (TPSA) is 9.23 Å². The number of hydrogen-bond donors (Lipinski definition) is 0. The molecule has 0 aliphatic rings. The highest BCUT2D eigenvalue weighted by Gasteiger charge is 2.01. The minimum absolute atomic E-state index is 0.263. The van der Waals surface area contributed by atoms with Gasteiger partial charge in [-0.1, -0.05) is 6.92 Å². The molecule has 0 aromatic rings. The van der Waals surface area contributed by atoms with Gasteiger partial charge in [-0.2, -0.15) is 0 Å². The Morgan fingerprint density at radius 2 is 1.25 bits per heavy atom. The first-order chi connectivity index (χ1) is 5.54. The van der Waals surface area contributed by atoms with Crippen molar-refractivity contribution in [1.29, 1.82) is 0 Å². The lowest BCUT2D eigenvalue weighted by atomic mass is 10.8. The Hall–Kier alpha value is 1.41. The first-order valence-corrected chi connectivity index (χ1v) is 5.52. The summed E-state index contributed by atoms with van der Waals surface area (Å²) in [6.45, 7) is 2.42. The summed E-state index contributed by atoms with van der Waals surface area (Å²) in [5.74, 6) is 0.722. The van der Waals surface area contributed by atoms with E-state index in [1.54, 1.807) is 0 Å². The zero-order chi connectivity index (χ0) is 9.98. The molecule has 0 saturated carbocycles. The Kier molecular flexibility index (Phi) is 16.4. The van der Waals surface area contributed by atoms with Gasteiger partial charge in [0, 0.05) is 5.88 Å². The molecule has 0 bridgehead atoms. The van der Waals surface area contributed by atoms with Crippen LogP contribution in [0.1, 0.15) is 6.92 Å². The smallest absolute Gasteiger partial charge is 0.131 e. The van der Waals surface area contributed by atoms with Gasteiger partial charge in [-0.15, -0.1) is 58.0 Å². The first kappa shape index (κ1) is 15.9. The van der Waals surface area contributed by atoms with Gasteiger partial charge in [0.1, 0.15) is 9.67 Å². The van der Waals surface area contributed by atoms with Gasteiger partial charge >= 0.3 is 0 Å². The van der Waals surface area contributed by atoms with Crippen molar-refractivity contribution in [2.45, 2.75) is 16.6 Å². The van der Waals surface area contributed by atoms with Crippen LogP contribution in [-0.2, 0) is 4.74 Å². The van der Waals surface area contributed by atoms with E-state index in [2.05, 4.69) is 0 Å². The fraction of sp³-hybridized carbons (Fsp3) is 1.00. The van der Waals surface area contributed by atoms with Crippen molar-refractivity contribution in [2.24, 2.45) is 0 Å². The van der Waals surface area contributed by atoms with Crippen molar-refractivity contribution in [2.75, 3.05) is 19.1 Å². The van der Waals surface area contributed by atoms with Crippen LogP contribution in [0.5, 0.6) is 0 Å². The molecule has 0 saturated heterocycles. The van der Waals surface area contributed by atoms with Crippen LogP contribution in [-0.4, -0.2) is 28.8 Å².